The molecule has 3 heterocycles. The fraction of sp³-hybridized carbons (Fsp3) is 0.273. The molecule has 0 saturated carbocycles. The Morgan fingerprint density at radius 1 is 1.10 bits per heavy atom. The first-order valence-corrected chi connectivity index (χ1v) is 13.9. The number of benzene rings is 2. The lowest BCUT2D eigenvalue weighted by molar-refractivity contribution is 0.101. The van der Waals surface area contributed by atoms with E-state index in [-0.39, 0.29) is 5.91 Å². The monoisotopic (exact) mass is 547 g/mol. The molecule has 1 unspecified atom stereocenters. The van der Waals surface area contributed by atoms with Crippen molar-refractivity contribution in [2.24, 2.45) is 5.92 Å². The van der Waals surface area contributed by atoms with Gasteiger partial charge in [-0.25, -0.2) is 4.98 Å². The maximum atomic E-state index is 13.1. The van der Waals surface area contributed by atoms with Gasteiger partial charge in [-0.3, -0.25) is 9.78 Å². The standard InChI is InChI=1S/C33H33N5O3/c1-20-5-12-30-28(13-20)32(37-41-30)33(39)36-25-9-6-21(2)27(15-25)23-14-24-18-35-31(16-29(24)34-17-23)38(3)19-22-7-10-26(40-4)11-8-22/h6-11,14-18,20H,5,12-13,19H2,1-4H3,(H,36,39). The van der Waals surface area contributed by atoms with Gasteiger partial charge < -0.3 is 19.5 Å². The largest absolute Gasteiger partial charge is 0.497 e. The Morgan fingerprint density at radius 2 is 1.93 bits per heavy atom. The zero-order chi connectivity index (χ0) is 28.5. The van der Waals surface area contributed by atoms with E-state index in [9.17, 15) is 4.79 Å². The molecule has 0 aliphatic heterocycles. The summed E-state index contributed by atoms with van der Waals surface area (Å²) in [5, 5.41) is 8.07. The van der Waals surface area contributed by atoms with Crippen molar-refractivity contribution >= 4 is 28.3 Å². The van der Waals surface area contributed by atoms with Gasteiger partial charge in [0, 0.05) is 60.7 Å². The van der Waals surface area contributed by atoms with E-state index in [1.807, 2.05) is 55.8 Å². The fourth-order valence-electron chi connectivity index (χ4n) is 5.41. The molecule has 0 radical (unpaired) electrons. The summed E-state index contributed by atoms with van der Waals surface area (Å²) in [5.41, 5.74) is 7.10. The van der Waals surface area contributed by atoms with E-state index in [1.54, 1.807) is 7.11 Å². The topological polar surface area (TPSA) is 93.4 Å². The van der Waals surface area contributed by atoms with Crippen LogP contribution in [0.5, 0.6) is 5.75 Å². The number of aryl methyl sites for hydroxylation is 2. The Morgan fingerprint density at radius 3 is 2.73 bits per heavy atom. The summed E-state index contributed by atoms with van der Waals surface area (Å²) >= 11 is 0. The number of ether oxygens (including phenoxy) is 1. The SMILES string of the molecule is COc1ccc(CN(C)c2cc3ncc(-c4cc(NC(=O)c5noc6c5CC(C)CC6)ccc4C)cc3cn2)cc1. The number of nitrogens with zero attached hydrogens (tertiary/aromatic N) is 4. The fourth-order valence-corrected chi connectivity index (χ4v) is 5.41. The highest BCUT2D eigenvalue weighted by Crippen LogP contribution is 2.31. The molecule has 0 saturated heterocycles. The molecule has 1 aliphatic rings. The van der Waals surface area contributed by atoms with Gasteiger partial charge in [0.05, 0.1) is 12.6 Å². The van der Waals surface area contributed by atoms with Crippen LogP contribution in [0.2, 0.25) is 0 Å². The molecule has 1 aliphatic carbocycles. The van der Waals surface area contributed by atoms with Gasteiger partial charge in [-0.15, -0.1) is 0 Å². The smallest absolute Gasteiger partial charge is 0.278 e. The predicted molar refractivity (Wildman–Crippen MR) is 160 cm³/mol. The minimum Gasteiger partial charge on any atom is -0.497 e. The van der Waals surface area contributed by atoms with Crippen LogP contribution in [0.15, 0.2) is 71.5 Å². The number of hydrogen-bond acceptors (Lipinski definition) is 7. The highest BCUT2D eigenvalue weighted by atomic mass is 16.5. The van der Waals surface area contributed by atoms with Gasteiger partial charge in [-0.05, 0) is 72.7 Å². The molecule has 1 atom stereocenters. The molecule has 3 aromatic heterocycles. The van der Waals surface area contributed by atoms with E-state index in [4.69, 9.17) is 19.2 Å². The average molecular weight is 548 g/mol. The number of aromatic nitrogens is 3. The first kappa shape index (κ1) is 26.5. The molecular formula is C33H33N5O3. The normalized spacial score (nSPS) is 14.5. The van der Waals surface area contributed by atoms with E-state index in [0.717, 1.165) is 69.7 Å². The van der Waals surface area contributed by atoms with Crippen LogP contribution >= 0.6 is 0 Å². The molecule has 41 heavy (non-hydrogen) atoms. The van der Waals surface area contributed by atoms with Crippen LogP contribution < -0.4 is 15.0 Å². The Bertz CT molecular complexity index is 1730. The van der Waals surface area contributed by atoms with Crippen molar-refractivity contribution < 1.29 is 14.1 Å². The summed E-state index contributed by atoms with van der Waals surface area (Å²) in [5.74, 6) is 2.79. The third-order valence-corrected chi connectivity index (χ3v) is 7.83. The molecule has 208 valence electrons. The molecule has 6 rings (SSSR count). The molecule has 1 amide bonds. The second-order valence-electron chi connectivity index (χ2n) is 10.9. The van der Waals surface area contributed by atoms with Crippen molar-refractivity contribution in [3.8, 4) is 16.9 Å². The summed E-state index contributed by atoms with van der Waals surface area (Å²) in [6.45, 7) is 4.96. The summed E-state index contributed by atoms with van der Waals surface area (Å²) in [6, 6.07) is 18.0. The maximum Gasteiger partial charge on any atom is 0.278 e. The highest BCUT2D eigenvalue weighted by molar-refractivity contribution is 6.04. The van der Waals surface area contributed by atoms with E-state index in [1.165, 1.54) is 5.56 Å². The third kappa shape index (κ3) is 5.50. The Labute approximate surface area is 239 Å². The lowest BCUT2D eigenvalue weighted by Gasteiger charge is -2.19. The average Bonchev–Trinajstić information content (AvgIpc) is 3.41. The van der Waals surface area contributed by atoms with Crippen LogP contribution in [0.3, 0.4) is 0 Å². The molecular weight excluding hydrogens is 514 g/mol. The van der Waals surface area contributed by atoms with Crippen molar-refractivity contribution in [3.05, 3.63) is 95.1 Å². The summed E-state index contributed by atoms with van der Waals surface area (Å²) in [7, 11) is 3.69. The zero-order valence-electron chi connectivity index (χ0n) is 23.8. The number of methoxy groups -OCH3 is 1. The number of rotatable bonds is 7. The molecule has 0 spiro atoms. The van der Waals surface area contributed by atoms with Crippen LogP contribution in [0.1, 0.15) is 46.3 Å². The molecule has 8 nitrogen and oxygen atoms in total. The van der Waals surface area contributed by atoms with Gasteiger partial charge in [-0.2, -0.15) is 0 Å². The van der Waals surface area contributed by atoms with Gasteiger partial charge in [0.2, 0.25) is 0 Å². The quantitative estimate of drug-likeness (QED) is 0.245. The molecule has 2 aromatic carbocycles. The van der Waals surface area contributed by atoms with Gasteiger partial charge in [-0.1, -0.05) is 30.3 Å². The summed E-state index contributed by atoms with van der Waals surface area (Å²) in [6.07, 6.45) is 6.44. The molecule has 8 heteroatoms. The van der Waals surface area contributed by atoms with Crippen LogP contribution in [0.25, 0.3) is 22.0 Å². The zero-order valence-corrected chi connectivity index (χ0v) is 23.8. The van der Waals surface area contributed by atoms with Crippen LogP contribution in [0.4, 0.5) is 11.5 Å². The first-order chi connectivity index (χ1) is 19.9. The Balaban J connectivity index is 1.21. The van der Waals surface area contributed by atoms with Crippen molar-refractivity contribution in [1.82, 2.24) is 15.1 Å². The molecule has 0 fully saturated rings. The first-order valence-electron chi connectivity index (χ1n) is 13.9. The number of carbonyl (C=O) groups excluding carboxylic acids is 1. The summed E-state index contributed by atoms with van der Waals surface area (Å²) in [4.78, 5) is 24.7. The van der Waals surface area contributed by atoms with E-state index in [2.05, 4.69) is 47.4 Å². The van der Waals surface area contributed by atoms with E-state index < -0.39 is 0 Å². The van der Waals surface area contributed by atoms with E-state index in [0.29, 0.717) is 23.8 Å². The number of anilines is 2. The number of fused-ring (bicyclic) bond motifs is 2. The van der Waals surface area contributed by atoms with Crippen molar-refractivity contribution in [2.75, 3.05) is 24.4 Å². The maximum absolute atomic E-state index is 13.1. The lowest BCUT2D eigenvalue weighted by atomic mass is 9.88. The number of amides is 1. The lowest BCUT2D eigenvalue weighted by Crippen LogP contribution is -2.18. The minimum atomic E-state index is -0.244. The number of carbonyl (C=O) groups is 1. The van der Waals surface area contributed by atoms with Gasteiger partial charge in [0.15, 0.2) is 5.69 Å². The second kappa shape index (κ2) is 11.0. The molecule has 5 aromatic rings. The predicted octanol–water partition coefficient (Wildman–Crippen LogP) is 6.62. The third-order valence-electron chi connectivity index (χ3n) is 7.83. The number of pyridine rings is 2. The summed E-state index contributed by atoms with van der Waals surface area (Å²) < 4.78 is 10.7. The van der Waals surface area contributed by atoms with Crippen LogP contribution in [0, 0.1) is 12.8 Å². The van der Waals surface area contributed by atoms with E-state index >= 15 is 0 Å². The molecule has 1 N–H and O–H groups in total. The van der Waals surface area contributed by atoms with Crippen molar-refractivity contribution in [2.45, 2.75) is 39.7 Å². The van der Waals surface area contributed by atoms with Crippen molar-refractivity contribution in [1.29, 1.82) is 0 Å². The highest BCUT2D eigenvalue weighted by Gasteiger charge is 2.27. The number of hydrogen-bond donors (Lipinski definition) is 1. The van der Waals surface area contributed by atoms with Crippen LogP contribution in [-0.4, -0.2) is 35.2 Å². The Hall–Kier alpha value is -4.72. The second-order valence-corrected chi connectivity index (χ2v) is 10.9. The molecule has 0 bridgehead atoms. The van der Waals surface area contributed by atoms with Gasteiger partial charge >= 0.3 is 0 Å². The van der Waals surface area contributed by atoms with Gasteiger partial charge in [0.25, 0.3) is 5.91 Å². The minimum absolute atomic E-state index is 0.244. The van der Waals surface area contributed by atoms with Crippen molar-refractivity contribution in [3.63, 3.8) is 0 Å². The number of nitrogens with one attached hydrogen (secondary N) is 1. The van der Waals surface area contributed by atoms with Gasteiger partial charge in [0.1, 0.15) is 17.3 Å². The van der Waals surface area contributed by atoms with Crippen LogP contribution in [-0.2, 0) is 19.4 Å². The Kier molecular flexibility index (Phi) is 7.14.